The highest BCUT2D eigenvalue weighted by Gasteiger charge is 2.25. The molecule has 1 amide bonds. The van der Waals surface area contributed by atoms with Crippen molar-refractivity contribution in [1.29, 1.82) is 0 Å². The summed E-state index contributed by atoms with van der Waals surface area (Å²) >= 11 is 0. The Labute approximate surface area is 153 Å². The number of esters is 1. The van der Waals surface area contributed by atoms with E-state index >= 15 is 0 Å². The fraction of sp³-hybridized carbons (Fsp3) is 0.889. The van der Waals surface area contributed by atoms with Crippen LogP contribution in [0.25, 0.3) is 0 Å². The largest absolute Gasteiger partial charge is 0.456 e. The summed E-state index contributed by atoms with van der Waals surface area (Å²) < 4.78 is 5.17. The maximum atomic E-state index is 12.2. The lowest BCUT2D eigenvalue weighted by Gasteiger charge is -2.33. The summed E-state index contributed by atoms with van der Waals surface area (Å²) in [5.41, 5.74) is 5.70. The molecule has 5 nitrogen and oxygen atoms in total. The highest BCUT2D eigenvalue weighted by Crippen LogP contribution is 2.26. The van der Waals surface area contributed by atoms with Crippen molar-refractivity contribution in [3.63, 3.8) is 0 Å². The van der Waals surface area contributed by atoms with Gasteiger partial charge in [-0.25, -0.2) is 0 Å². The van der Waals surface area contributed by atoms with Crippen molar-refractivity contribution in [2.24, 2.45) is 23.5 Å². The van der Waals surface area contributed by atoms with Crippen molar-refractivity contribution in [3.8, 4) is 0 Å². The van der Waals surface area contributed by atoms with Crippen molar-refractivity contribution in [2.45, 2.75) is 65.3 Å². The van der Waals surface area contributed by atoms with Crippen LogP contribution < -0.4 is 5.73 Å². The first-order valence-electron chi connectivity index (χ1n) is 8.94. The lowest BCUT2D eigenvalue weighted by Crippen LogP contribution is -2.41. The lowest BCUT2D eigenvalue weighted by atomic mass is 9.87. The standard InChI is InChI=1S/C18H34N2O3.ClH/c1-13(2)9-15(11-19)10-18(22)23-12-17(21)20(4)16-7-5-14(3)6-8-16;/h13-16H,5-12,19H2,1-4H3;1H/t14?,15-,16?;/m0./s1. The first-order valence-corrected chi connectivity index (χ1v) is 8.94. The molecule has 1 aliphatic carbocycles. The Kier molecular flexibility index (Phi) is 11.3. The number of rotatable bonds is 8. The molecule has 0 saturated heterocycles. The van der Waals surface area contributed by atoms with E-state index in [4.69, 9.17) is 10.5 Å². The van der Waals surface area contributed by atoms with Crippen LogP contribution in [0.5, 0.6) is 0 Å². The van der Waals surface area contributed by atoms with E-state index in [1.54, 1.807) is 4.90 Å². The van der Waals surface area contributed by atoms with Gasteiger partial charge < -0.3 is 15.4 Å². The quantitative estimate of drug-likeness (QED) is 0.673. The van der Waals surface area contributed by atoms with Gasteiger partial charge in [-0.05, 0) is 56.4 Å². The number of likely N-dealkylation sites (N-methyl/N-ethyl adjacent to an activating group) is 1. The minimum absolute atomic E-state index is 0. The SMILES string of the molecule is CC(C)C[C@H](CN)CC(=O)OCC(=O)N(C)C1CCC(C)CC1.Cl. The van der Waals surface area contributed by atoms with Crippen LogP contribution in [-0.2, 0) is 14.3 Å². The number of nitrogens with two attached hydrogens (primary N) is 1. The molecule has 0 unspecified atom stereocenters. The number of carbonyl (C=O) groups is 2. The average molecular weight is 363 g/mol. The molecule has 0 radical (unpaired) electrons. The molecule has 0 heterocycles. The zero-order chi connectivity index (χ0) is 17.4. The first kappa shape index (κ1) is 23.2. The number of ether oxygens (including phenoxy) is 1. The Morgan fingerprint density at radius 2 is 1.79 bits per heavy atom. The minimum Gasteiger partial charge on any atom is -0.456 e. The van der Waals surface area contributed by atoms with E-state index in [1.807, 2.05) is 7.05 Å². The third-order valence-electron chi connectivity index (χ3n) is 4.88. The third kappa shape index (κ3) is 8.34. The van der Waals surface area contributed by atoms with Gasteiger partial charge in [-0.2, -0.15) is 0 Å². The summed E-state index contributed by atoms with van der Waals surface area (Å²) in [5, 5.41) is 0. The minimum atomic E-state index is -0.319. The molecular formula is C18H35ClN2O3. The smallest absolute Gasteiger partial charge is 0.306 e. The van der Waals surface area contributed by atoms with Gasteiger partial charge in [0.25, 0.3) is 5.91 Å². The number of amides is 1. The predicted molar refractivity (Wildman–Crippen MR) is 99.0 cm³/mol. The van der Waals surface area contributed by atoms with Crippen LogP contribution in [0.2, 0.25) is 0 Å². The number of hydrogen-bond acceptors (Lipinski definition) is 4. The van der Waals surface area contributed by atoms with E-state index in [1.165, 1.54) is 0 Å². The Morgan fingerprint density at radius 3 is 2.29 bits per heavy atom. The Morgan fingerprint density at radius 1 is 1.21 bits per heavy atom. The van der Waals surface area contributed by atoms with Gasteiger partial charge >= 0.3 is 5.97 Å². The van der Waals surface area contributed by atoms with Gasteiger partial charge in [-0.1, -0.05) is 20.8 Å². The second-order valence-electron chi connectivity index (χ2n) is 7.51. The first-order chi connectivity index (χ1) is 10.8. The summed E-state index contributed by atoms with van der Waals surface area (Å²) in [6, 6.07) is 0.287. The fourth-order valence-corrected chi connectivity index (χ4v) is 3.30. The zero-order valence-corrected chi connectivity index (χ0v) is 16.4. The normalized spacial score (nSPS) is 21.8. The topological polar surface area (TPSA) is 72.6 Å². The van der Waals surface area contributed by atoms with E-state index in [0.29, 0.717) is 18.9 Å². The Hall–Kier alpha value is -0.810. The lowest BCUT2D eigenvalue weighted by molar-refractivity contribution is -0.153. The molecule has 2 N–H and O–H groups in total. The molecule has 24 heavy (non-hydrogen) atoms. The molecule has 1 aliphatic rings. The number of nitrogens with zero attached hydrogens (tertiary/aromatic N) is 1. The highest BCUT2D eigenvalue weighted by atomic mass is 35.5. The van der Waals surface area contributed by atoms with E-state index in [-0.39, 0.29) is 42.9 Å². The molecule has 1 fully saturated rings. The van der Waals surface area contributed by atoms with Crippen LogP contribution in [0.15, 0.2) is 0 Å². The van der Waals surface area contributed by atoms with Gasteiger partial charge in [-0.3, -0.25) is 9.59 Å². The molecule has 0 aromatic carbocycles. The van der Waals surface area contributed by atoms with Crippen LogP contribution >= 0.6 is 12.4 Å². The molecule has 1 rings (SSSR count). The second kappa shape index (κ2) is 11.7. The van der Waals surface area contributed by atoms with Gasteiger partial charge in [0.15, 0.2) is 6.61 Å². The van der Waals surface area contributed by atoms with Crippen molar-refractivity contribution < 1.29 is 14.3 Å². The van der Waals surface area contributed by atoms with Gasteiger partial charge in [0.05, 0.1) is 0 Å². The van der Waals surface area contributed by atoms with Crippen LogP contribution in [0.3, 0.4) is 0 Å². The Bertz CT molecular complexity index is 382. The number of carbonyl (C=O) groups excluding carboxylic acids is 2. The van der Waals surface area contributed by atoms with E-state index < -0.39 is 0 Å². The molecule has 0 aliphatic heterocycles. The Balaban J connectivity index is 0.00000529. The van der Waals surface area contributed by atoms with Gasteiger partial charge in [0.1, 0.15) is 0 Å². The molecular weight excluding hydrogens is 328 g/mol. The molecule has 1 saturated carbocycles. The van der Waals surface area contributed by atoms with Crippen molar-refractivity contribution in [2.75, 3.05) is 20.2 Å². The van der Waals surface area contributed by atoms with Crippen LogP contribution in [0.1, 0.15) is 59.3 Å². The summed E-state index contributed by atoms with van der Waals surface area (Å²) in [7, 11) is 1.82. The fourth-order valence-electron chi connectivity index (χ4n) is 3.30. The van der Waals surface area contributed by atoms with Crippen LogP contribution in [-0.4, -0.2) is 43.0 Å². The zero-order valence-electron chi connectivity index (χ0n) is 15.6. The summed E-state index contributed by atoms with van der Waals surface area (Å²) in [6.45, 7) is 6.79. The van der Waals surface area contributed by atoms with E-state index in [0.717, 1.165) is 38.0 Å². The molecule has 142 valence electrons. The van der Waals surface area contributed by atoms with Gasteiger partial charge in [-0.15, -0.1) is 12.4 Å². The number of hydrogen-bond donors (Lipinski definition) is 1. The van der Waals surface area contributed by atoms with Crippen molar-refractivity contribution >= 4 is 24.3 Å². The molecule has 1 atom stereocenters. The summed E-state index contributed by atoms with van der Waals surface area (Å²) in [5.74, 6) is 0.959. The molecule has 0 bridgehead atoms. The molecule has 0 spiro atoms. The molecule has 0 aromatic heterocycles. The van der Waals surface area contributed by atoms with Crippen molar-refractivity contribution in [3.05, 3.63) is 0 Å². The third-order valence-corrected chi connectivity index (χ3v) is 4.88. The highest BCUT2D eigenvalue weighted by molar-refractivity contribution is 5.85. The van der Waals surface area contributed by atoms with Crippen LogP contribution in [0.4, 0.5) is 0 Å². The second-order valence-corrected chi connectivity index (χ2v) is 7.51. The molecule has 0 aromatic rings. The van der Waals surface area contributed by atoms with Crippen molar-refractivity contribution in [1.82, 2.24) is 4.90 Å². The maximum absolute atomic E-state index is 12.2. The summed E-state index contributed by atoms with van der Waals surface area (Å²) in [6.07, 6.45) is 5.61. The van der Waals surface area contributed by atoms with E-state index in [9.17, 15) is 9.59 Å². The number of halogens is 1. The van der Waals surface area contributed by atoms with Crippen LogP contribution in [0, 0.1) is 17.8 Å². The van der Waals surface area contributed by atoms with Gasteiger partial charge in [0, 0.05) is 19.5 Å². The maximum Gasteiger partial charge on any atom is 0.306 e. The van der Waals surface area contributed by atoms with Gasteiger partial charge in [0.2, 0.25) is 0 Å². The monoisotopic (exact) mass is 362 g/mol. The predicted octanol–water partition coefficient (Wildman–Crippen LogP) is 3.00. The average Bonchev–Trinajstić information content (AvgIpc) is 2.51. The van der Waals surface area contributed by atoms with E-state index in [2.05, 4.69) is 20.8 Å². The summed E-state index contributed by atoms with van der Waals surface area (Å²) in [4.78, 5) is 25.8. The molecule has 6 heteroatoms.